The van der Waals surface area contributed by atoms with E-state index in [-0.39, 0.29) is 0 Å². The van der Waals surface area contributed by atoms with Crippen molar-refractivity contribution in [1.29, 1.82) is 0 Å². The molecular weight excluding hydrogens is 326 g/mol. The molecule has 0 aromatic carbocycles. The Balaban J connectivity index is 1.62. The molecule has 26 heavy (non-hydrogen) atoms. The quantitative estimate of drug-likeness (QED) is 0.770. The highest BCUT2D eigenvalue weighted by molar-refractivity contribution is 5.79. The van der Waals surface area contributed by atoms with Crippen LogP contribution >= 0.6 is 0 Å². The average molecular weight is 351 g/mol. The molecule has 0 aliphatic carbocycles. The minimum atomic E-state index is 0.347. The lowest BCUT2D eigenvalue weighted by Gasteiger charge is -2.26. The van der Waals surface area contributed by atoms with Crippen molar-refractivity contribution in [2.24, 2.45) is 0 Å². The molecule has 1 saturated heterocycles. The summed E-state index contributed by atoms with van der Waals surface area (Å²) in [5, 5.41) is 3.32. The second kappa shape index (κ2) is 6.90. The van der Waals surface area contributed by atoms with Crippen LogP contribution in [0.1, 0.15) is 45.0 Å². The monoisotopic (exact) mass is 351 g/mol. The lowest BCUT2D eigenvalue weighted by atomic mass is 10.1. The molecule has 0 saturated carbocycles. The van der Waals surface area contributed by atoms with Crippen molar-refractivity contribution in [3.8, 4) is 0 Å². The van der Waals surface area contributed by atoms with E-state index in [0.717, 1.165) is 47.5 Å². The van der Waals surface area contributed by atoms with E-state index in [4.69, 9.17) is 0 Å². The van der Waals surface area contributed by atoms with Gasteiger partial charge in [0.05, 0.1) is 11.7 Å². The Bertz CT molecular complexity index is 909. The topological polar surface area (TPSA) is 71.8 Å². The van der Waals surface area contributed by atoms with Crippen LogP contribution in [0.2, 0.25) is 0 Å². The molecular formula is C19H25N7. The highest BCUT2D eigenvalue weighted by atomic mass is 15.3. The third kappa shape index (κ3) is 3.21. The van der Waals surface area contributed by atoms with Gasteiger partial charge in [-0.05, 0) is 46.1 Å². The van der Waals surface area contributed by atoms with Crippen molar-refractivity contribution in [2.75, 3.05) is 23.3 Å². The number of aromatic nitrogens is 5. The van der Waals surface area contributed by atoms with Gasteiger partial charge >= 0.3 is 0 Å². The molecule has 0 radical (unpaired) electrons. The third-order valence-corrected chi connectivity index (χ3v) is 4.81. The zero-order valence-corrected chi connectivity index (χ0v) is 15.6. The molecule has 4 rings (SSSR count). The molecule has 0 bridgehead atoms. The second-order valence-electron chi connectivity index (χ2n) is 7.10. The summed E-state index contributed by atoms with van der Waals surface area (Å²) < 4.78 is 2.22. The van der Waals surface area contributed by atoms with Gasteiger partial charge in [-0.1, -0.05) is 0 Å². The number of nitrogens with one attached hydrogen (secondary N) is 1. The fraction of sp³-hybridized carbons (Fsp3) is 0.474. The zero-order valence-electron chi connectivity index (χ0n) is 15.6. The van der Waals surface area contributed by atoms with Gasteiger partial charge in [0.1, 0.15) is 23.0 Å². The van der Waals surface area contributed by atoms with Crippen LogP contribution in [0.5, 0.6) is 0 Å². The Labute approximate surface area is 153 Å². The van der Waals surface area contributed by atoms with Crippen LogP contribution in [0.15, 0.2) is 24.5 Å². The van der Waals surface area contributed by atoms with Crippen LogP contribution in [0.3, 0.4) is 0 Å². The molecule has 0 spiro atoms. The molecule has 0 amide bonds. The van der Waals surface area contributed by atoms with E-state index in [0.29, 0.717) is 6.04 Å². The van der Waals surface area contributed by atoms with E-state index < -0.39 is 0 Å². The Hall–Kier alpha value is -2.70. The van der Waals surface area contributed by atoms with Crippen molar-refractivity contribution >= 4 is 28.6 Å². The Morgan fingerprint density at radius 2 is 1.85 bits per heavy atom. The molecule has 3 aromatic heterocycles. The normalized spacial score (nSPS) is 15.0. The summed E-state index contributed by atoms with van der Waals surface area (Å²) in [5.41, 5.74) is 2.00. The van der Waals surface area contributed by atoms with Gasteiger partial charge in [-0.25, -0.2) is 15.0 Å². The summed E-state index contributed by atoms with van der Waals surface area (Å²) in [6, 6.07) is 4.27. The van der Waals surface area contributed by atoms with Crippen LogP contribution in [0, 0.1) is 6.92 Å². The summed E-state index contributed by atoms with van der Waals surface area (Å²) >= 11 is 0. The van der Waals surface area contributed by atoms with Crippen LogP contribution < -0.4 is 10.2 Å². The van der Waals surface area contributed by atoms with Gasteiger partial charge in [0, 0.05) is 31.4 Å². The van der Waals surface area contributed by atoms with E-state index in [1.54, 1.807) is 6.20 Å². The van der Waals surface area contributed by atoms with Crippen molar-refractivity contribution in [3.63, 3.8) is 0 Å². The Morgan fingerprint density at radius 1 is 1.04 bits per heavy atom. The number of hydrogen-bond donors (Lipinski definition) is 1. The largest absolute Gasteiger partial charge is 0.341 e. The van der Waals surface area contributed by atoms with Gasteiger partial charge < -0.3 is 14.8 Å². The fourth-order valence-electron chi connectivity index (χ4n) is 3.63. The minimum absolute atomic E-state index is 0.347. The molecule has 1 N–H and O–H groups in total. The molecule has 3 aromatic rings. The van der Waals surface area contributed by atoms with Crippen LogP contribution in [-0.4, -0.2) is 37.6 Å². The molecule has 7 heteroatoms. The number of aryl methyl sites for hydroxylation is 1. The average Bonchev–Trinajstić information content (AvgIpc) is 2.98. The molecule has 136 valence electrons. The standard InChI is InChI=1S/C19H25N7/c1-13(2)26-14(3)22-15-12-21-18(11-16(15)26)23-17-7-8-20-19(24-17)25-9-5-4-6-10-25/h7-8,11-13H,4-6,9-10H2,1-3H3,(H,20,21,23,24). The molecule has 1 aliphatic rings. The van der Waals surface area contributed by atoms with Gasteiger partial charge in [0.15, 0.2) is 0 Å². The van der Waals surface area contributed by atoms with E-state index in [1.165, 1.54) is 19.3 Å². The van der Waals surface area contributed by atoms with Crippen LogP contribution in [0.4, 0.5) is 17.6 Å². The Morgan fingerprint density at radius 3 is 2.62 bits per heavy atom. The zero-order chi connectivity index (χ0) is 18.1. The number of fused-ring (bicyclic) bond motifs is 1. The third-order valence-electron chi connectivity index (χ3n) is 4.81. The molecule has 1 fully saturated rings. The summed E-state index contributed by atoms with van der Waals surface area (Å²) in [7, 11) is 0. The second-order valence-corrected chi connectivity index (χ2v) is 7.10. The summed E-state index contributed by atoms with van der Waals surface area (Å²) in [4.78, 5) is 20.5. The lowest BCUT2D eigenvalue weighted by molar-refractivity contribution is 0.568. The smallest absolute Gasteiger partial charge is 0.227 e. The maximum atomic E-state index is 4.68. The number of nitrogens with zero attached hydrogens (tertiary/aromatic N) is 6. The molecule has 4 heterocycles. The van der Waals surface area contributed by atoms with Crippen molar-refractivity contribution in [2.45, 2.75) is 46.1 Å². The van der Waals surface area contributed by atoms with Gasteiger partial charge in [0.2, 0.25) is 5.95 Å². The molecule has 0 atom stereocenters. The number of pyridine rings is 1. The first kappa shape index (κ1) is 16.8. The first-order valence-electron chi connectivity index (χ1n) is 9.31. The van der Waals surface area contributed by atoms with E-state index in [1.807, 2.05) is 25.3 Å². The molecule has 1 aliphatic heterocycles. The summed E-state index contributed by atoms with van der Waals surface area (Å²) in [6.07, 6.45) is 7.33. The van der Waals surface area contributed by atoms with Gasteiger partial charge in [-0.2, -0.15) is 4.98 Å². The fourth-order valence-corrected chi connectivity index (χ4v) is 3.63. The van der Waals surface area contributed by atoms with Crippen LogP contribution in [0.25, 0.3) is 11.0 Å². The lowest BCUT2D eigenvalue weighted by Crippen LogP contribution is -2.31. The Kier molecular flexibility index (Phi) is 4.44. The van der Waals surface area contributed by atoms with Gasteiger partial charge in [-0.3, -0.25) is 0 Å². The van der Waals surface area contributed by atoms with Gasteiger partial charge in [0.25, 0.3) is 0 Å². The van der Waals surface area contributed by atoms with Crippen molar-refractivity contribution in [1.82, 2.24) is 24.5 Å². The first-order chi connectivity index (χ1) is 12.6. The predicted octanol–water partition coefficient (Wildman–Crippen LogP) is 3.84. The minimum Gasteiger partial charge on any atom is -0.341 e. The highest BCUT2D eigenvalue weighted by Crippen LogP contribution is 2.24. The summed E-state index contributed by atoms with van der Waals surface area (Å²) in [5.74, 6) is 3.32. The number of rotatable bonds is 4. The predicted molar refractivity (Wildman–Crippen MR) is 104 cm³/mol. The number of piperidine rings is 1. The molecule has 7 nitrogen and oxygen atoms in total. The number of imidazole rings is 1. The van der Waals surface area contributed by atoms with Crippen molar-refractivity contribution in [3.05, 3.63) is 30.4 Å². The SMILES string of the molecule is Cc1nc2cnc(Nc3ccnc(N4CCCCC4)n3)cc2n1C(C)C. The maximum absolute atomic E-state index is 4.68. The van der Waals surface area contributed by atoms with E-state index in [2.05, 4.69) is 48.6 Å². The van der Waals surface area contributed by atoms with Crippen molar-refractivity contribution < 1.29 is 0 Å². The first-order valence-corrected chi connectivity index (χ1v) is 9.31. The van der Waals surface area contributed by atoms with Gasteiger partial charge in [-0.15, -0.1) is 0 Å². The molecule has 0 unspecified atom stereocenters. The van der Waals surface area contributed by atoms with Crippen LogP contribution in [-0.2, 0) is 0 Å². The number of hydrogen-bond acceptors (Lipinski definition) is 6. The summed E-state index contributed by atoms with van der Waals surface area (Å²) in [6.45, 7) is 8.41. The maximum Gasteiger partial charge on any atom is 0.227 e. The van der Waals surface area contributed by atoms with E-state index in [9.17, 15) is 0 Å². The number of anilines is 3. The highest BCUT2D eigenvalue weighted by Gasteiger charge is 2.15. The van der Waals surface area contributed by atoms with E-state index >= 15 is 0 Å².